The Morgan fingerprint density at radius 3 is 1.89 bits per heavy atom. The number of halogens is 1. The summed E-state index contributed by atoms with van der Waals surface area (Å²) in [4.78, 5) is 15.5. The third-order valence-corrected chi connectivity index (χ3v) is 7.26. The molecule has 4 rings (SSSR count). The van der Waals surface area contributed by atoms with Crippen molar-refractivity contribution in [1.82, 2.24) is 4.90 Å². The molecule has 0 radical (unpaired) electrons. The zero-order valence-corrected chi connectivity index (χ0v) is 21.7. The molecule has 0 aliphatic heterocycles. The first kappa shape index (κ1) is 27.0. The summed E-state index contributed by atoms with van der Waals surface area (Å²) in [5.41, 5.74) is 2.57. The smallest absolute Gasteiger partial charge is 0.339 e. The molecule has 0 spiro atoms. The van der Waals surface area contributed by atoms with Gasteiger partial charge in [-0.1, -0.05) is 72.8 Å². The van der Waals surface area contributed by atoms with E-state index in [-0.39, 0.29) is 16.6 Å². The molecule has 1 amide bonds. The lowest BCUT2D eigenvalue weighted by atomic mass is 9.90. The summed E-state index contributed by atoms with van der Waals surface area (Å²) in [7, 11) is -2.53. The molecule has 8 heteroatoms. The van der Waals surface area contributed by atoms with Gasteiger partial charge in [0.05, 0.1) is 12.5 Å². The maximum absolute atomic E-state index is 13.9. The lowest BCUT2D eigenvalue weighted by molar-refractivity contribution is -0.133. The highest BCUT2D eigenvalue weighted by atomic mass is 32.2. The van der Waals surface area contributed by atoms with Gasteiger partial charge in [0.25, 0.3) is 0 Å². The van der Waals surface area contributed by atoms with E-state index in [1.165, 1.54) is 12.1 Å². The van der Waals surface area contributed by atoms with Gasteiger partial charge in [0.2, 0.25) is 5.91 Å². The van der Waals surface area contributed by atoms with Gasteiger partial charge in [-0.15, -0.1) is 0 Å². The SMILES string of the molecule is COCCN(Cc1ccc(OS(=O)(=O)c2ccc(F)cc2)cc1)C(=O)C(c1ccccc1)c1ccccc1. The van der Waals surface area contributed by atoms with Gasteiger partial charge in [-0.3, -0.25) is 4.79 Å². The maximum Gasteiger partial charge on any atom is 0.339 e. The third-order valence-electron chi connectivity index (χ3n) is 5.99. The molecule has 6 nitrogen and oxygen atoms in total. The first-order valence-corrected chi connectivity index (χ1v) is 13.4. The summed E-state index contributed by atoms with van der Waals surface area (Å²) in [6.07, 6.45) is 0. The zero-order chi connectivity index (χ0) is 27.0. The number of hydrogen-bond acceptors (Lipinski definition) is 5. The van der Waals surface area contributed by atoms with Crippen LogP contribution in [0.15, 0.2) is 114 Å². The van der Waals surface area contributed by atoms with Crippen molar-refractivity contribution in [2.75, 3.05) is 20.3 Å². The van der Waals surface area contributed by atoms with Crippen LogP contribution in [0, 0.1) is 5.82 Å². The molecular formula is C30H28FNO5S. The number of hydrogen-bond donors (Lipinski definition) is 0. The van der Waals surface area contributed by atoms with Gasteiger partial charge in [-0.05, 0) is 53.1 Å². The second-order valence-electron chi connectivity index (χ2n) is 8.64. The lowest BCUT2D eigenvalue weighted by Crippen LogP contribution is -2.37. The van der Waals surface area contributed by atoms with E-state index in [1.54, 1.807) is 24.1 Å². The van der Waals surface area contributed by atoms with Crippen molar-refractivity contribution in [2.45, 2.75) is 17.4 Å². The number of amides is 1. The van der Waals surface area contributed by atoms with Crippen LogP contribution in [0.2, 0.25) is 0 Å². The van der Waals surface area contributed by atoms with Gasteiger partial charge in [0.1, 0.15) is 16.5 Å². The van der Waals surface area contributed by atoms with E-state index in [9.17, 15) is 17.6 Å². The van der Waals surface area contributed by atoms with E-state index in [0.29, 0.717) is 19.7 Å². The highest BCUT2D eigenvalue weighted by Gasteiger charge is 2.27. The summed E-state index contributed by atoms with van der Waals surface area (Å²) in [5.74, 6) is -0.988. The Morgan fingerprint density at radius 2 is 1.37 bits per heavy atom. The van der Waals surface area contributed by atoms with Crippen LogP contribution in [0.4, 0.5) is 4.39 Å². The molecule has 0 heterocycles. The summed E-state index contributed by atoms with van der Waals surface area (Å²) in [6, 6.07) is 30.1. The molecule has 0 saturated heterocycles. The lowest BCUT2D eigenvalue weighted by Gasteiger charge is -2.28. The van der Waals surface area contributed by atoms with Crippen LogP contribution in [0.5, 0.6) is 5.75 Å². The molecule has 0 saturated carbocycles. The third kappa shape index (κ3) is 6.85. The molecular weight excluding hydrogens is 505 g/mol. The fourth-order valence-corrected chi connectivity index (χ4v) is 5.00. The molecule has 0 N–H and O–H groups in total. The van der Waals surface area contributed by atoms with E-state index in [0.717, 1.165) is 41.0 Å². The largest absolute Gasteiger partial charge is 0.383 e. The Hall–Kier alpha value is -4.01. The first-order valence-electron chi connectivity index (χ1n) is 12.0. The van der Waals surface area contributed by atoms with Crippen LogP contribution >= 0.6 is 0 Å². The van der Waals surface area contributed by atoms with Crippen molar-refractivity contribution in [2.24, 2.45) is 0 Å². The van der Waals surface area contributed by atoms with Crippen molar-refractivity contribution in [3.8, 4) is 5.75 Å². The summed E-state index contributed by atoms with van der Waals surface area (Å²) in [6.45, 7) is 1.03. The number of ether oxygens (including phenoxy) is 1. The van der Waals surface area contributed by atoms with Crippen molar-refractivity contribution in [3.05, 3.63) is 132 Å². The molecule has 0 aromatic heterocycles. The molecule has 38 heavy (non-hydrogen) atoms. The molecule has 0 atom stereocenters. The Balaban J connectivity index is 1.54. The quantitative estimate of drug-likeness (QED) is 0.242. The molecule has 0 bridgehead atoms. The fourth-order valence-electron chi connectivity index (χ4n) is 4.07. The van der Waals surface area contributed by atoms with Gasteiger partial charge in [-0.25, -0.2) is 4.39 Å². The molecule has 4 aromatic carbocycles. The predicted octanol–water partition coefficient (Wildman–Crippen LogP) is 5.40. The average molecular weight is 534 g/mol. The van der Waals surface area contributed by atoms with E-state index in [2.05, 4.69) is 0 Å². The minimum Gasteiger partial charge on any atom is -0.383 e. The van der Waals surface area contributed by atoms with Gasteiger partial charge < -0.3 is 13.8 Å². The number of benzene rings is 4. The first-order chi connectivity index (χ1) is 18.4. The Bertz CT molecular complexity index is 1390. The number of carbonyl (C=O) groups excluding carboxylic acids is 1. The zero-order valence-electron chi connectivity index (χ0n) is 20.9. The number of methoxy groups -OCH3 is 1. The van der Waals surface area contributed by atoms with E-state index < -0.39 is 21.9 Å². The highest BCUT2D eigenvalue weighted by Crippen LogP contribution is 2.28. The molecule has 0 aliphatic rings. The number of carbonyl (C=O) groups is 1. The molecule has 4 aromatic rings. The topological polar surface area (TPSA) is 72.9 Å². The van der Waals surface area contributed by atoms with Gasteiger partial charge in [0, 0.05) is 20.2 Å². The summed E-state index contributed by atoms with van der Waals surface area (Å²) >= 11 is 0. The maximum atomic E-state index is 13.9. The van der Waals surface area contributed by atoms with Crippen LogP contribution in [0.3, 0.4) is 0 Å². The molecule has 196 valence electrons. The highest BCUT2D eigenvalue weighted by molar-refractivity contribution is 7.87. The van der Waals surface area contributed by atoms with Crippen molar-refractivity contribution in [3.63, 3.8) is 0 Å². The van der Waals surface area contributed by atoms with E-state index in [4.69, 9.17) is 8.92 Å². The van der Waals surface area contributed by atoms with Crippen molar-refractivity contribution in [1.29, 1.82) is 0 Å². The minimum atomic E-state index is -4.11. The molecule has 0 fully saturated rings. The number of rotatable bonds is 11. The average Bonchev–Trinajstić information content (AvgIpc) is 2.93. The standard InChI is InChI=1S/C30H28FNO5S/c1-36-21-20-32(30(33)29(24-8-4-2-5-9-24)25-10-6-3-7-11-25)22-23-12-16-27(17-13-23)37-38(34,35)28-18-14-26(31)15-19-28/h2-19,29H,20-22H2,1H3. The summed E-state index contributed by atoms with van der Waals surface area (Å²) in [5, 5.41) is 0. The Labute approximate surface area is 222 Å². The van der Waals surface area contributed by atoms with Crippen LogP contribution in [-0.2, 0) is 26.2 Å². The van der Waals surface area contributed by atoms with Gasteiger partial charge in [-0.2, -0.15) is 8.42 Å². The van der Waals surface area contributed by atoms with E-state index in [1.807, 2.05) is 60.7 Å². The van der Waals surface area contributed by atoms with Crippen molar-refractivity contribution >= 4 is 16.0 Å². The second-order valence-corrected chi connectivity index (χ2v) is 10.2. The van der Waals surface area contributed by atoms with Crippen LogP contribution in [0.1, 0.15) is 22.6 Å². The second kappa shape index (κ2) is 12.5. The van der Waals surface area contributed by atoms with E-state index >= 15 is 0 Å². The fraction of sp³-hybridized carbons (Fsp3) is 0.167. The van der Waals surface area contributed by atoms with Crippen LogP contribution in [0.25, 0.3) is 0 Å². The van der Waals surface area contributed by atoms with Gasteiger partial charge in [0.15, 0.2) is 0 Å². The van der Waals surface area contributed by atoms with Crippen molar-refractivity contribution < 1.29 is 26.5 Å². The normalized spacial score (nSPS) is 11.3. The summed E-state index contributed by atoms with van der Waals surface area (Å²) < 4.78 is 48.7. The monoisotopic (exact) mass is 533 g/mol. The predicted molar refractivity (Wildman–Crippen MR) is 143 cm³/mol. The number of nitrogens with zero attached hydrogens (tertiary/aromatic N) is 1. The Kier molecular flexibility index (Phi) is 8.89. The molecule has 0 unspecified atom stereocenters. The molecule has 0 aliphatic carbocycles. The minimum absolute atomic E-state index is 0.0707. The Morgan fingerprint density at radius 1 is 0.816 bits per heavy atom. The van der Waals surface area contributed by atoms with Crippen LogP contribution in [-0.4, -0.2) is 39.5 Å². The van der Waals surface area contributed by atoms with Gasteiger partial charge >= 0.3 is 10.1 Å². The van der Waals surface area contributed by atoms with Crippen LogP contribution < -0.4 is 4.18 Å².